The van der Waals surface area contributed by atoms with Gasteiger partial charge in [0.15, 0.2) is 0 Å². The first-order chi connectivity index (χ1) is 9.93. The minimum absolute atomic E-state index is 0.0151. The number of sulfonamides is 1. The Morgan fingerprint density at radius 2 is 2.29 bits per heavy atom. The average Bonchev–Trinajstić information content (AvgIpc) is 2.91. The van der Waals surface area contributed by atoms with Gasteiger partial charge in [-0.3, -0.25) is 0 Å². The number of hydrogen-bond acceptors (Lipinski definition) is 5. The molecule has 0 saturated carbocycles. The normalized spacial score (nSPS) is 23.1. The monoisotopic (exact) mass is 330 g/mol. The van der Waals surface area contributed by atoms with E-state index in [2.05, 4.69) is 0 Å². The van der Waals surface area contributed by atoms with Crippen molar-refractivity contribution in [3.05, 3.63) is 28.8 Å². The van der Waals surface area contributed by atoms with Crippen molar-refractivity contribution in [3.63, 3.8) is 0 Å². The van der Waals surface area contributed by atoms with Crippen molar-refractivity contribution < 1.29 is 18.3 Å². The smallest absolute Gasteiger partial charge is 0.243 e. The molecule has 1 saturated heterocycles. The first-order valence-electron chi connectivity index (χ1n) is 6.29. The number of ether oxygens (including phenoxy) is 1. The molecule has 1 N–H and O–H groups in total. The van der Waals surface area contributed by atoms with E-state index in [1.54, 1.807) is 0 Å². The number of nitrogens with zero attached hydrogens (tertiary/aromatic N) is 2. The van der Waals surface area contributed by atoms with Crippen LogP contribution < -0.4 is 0 Å². The van der Waals surface area contributed by atoms with Crippen LogP contribution in [0, 0.1) is 11.3 Å². The van der Waals surface area contributed by atoms with Crippen LogP contribution in [0.25, 0.3) is 0 Å². The summed E-state index contributed by atoms with van der Waals surface area (Å²) < 4.78 is 31.7. The molecule has 1 aromatic rings. The van der Waals surface area contributed by atoms with Gasteiger partial charge in [-0.15, -0.1) is 0 Å². The molecule has 2 rings (SSSR count). The van der Waals surface area contributed by atoms with Crippen LogP contribution in [0.2, 0.25) is 5.02 Å². The zero-order valence-electron chi connectivity index (χ0n) is 11.4. The van der Waals surface area contributed by atoms with E-state index in [1.807, 2.05) is 6.07 Å². The van der Waals surface area contributed by atoms with Gasteiger partial charge in [0.05, 0.1) is 34.2 Å². The lowest BCUT2D eigenvalue weighted by Gasteiger charge is -2.22. The fourth-order valence-corrected chi connectivity index (χ4v) is 4.21. The third kappa shape index (κ3) is 3.05. The molecule has 8 heteroatoms. The summed E-state index contributed by atoms with van der Waals surface area (Å²) in [5.41, 5.74) is 0.0979. The molecule has 1 fully saturated rings. The highest BCUT2D eigenvalue weighted by Gasteiger charge is 2.40. The zero-order valence-corrected chi connectivity index (χ0v) is 12.9. The maximum Gasteiger partial charge on any atom is 0.243 e. The van der Waals surface area contributed by atoms with Crippen molar-refractivity contribution in [2.75, 3.05) is 20.3 Å². The van der Waals surface area contributed by atoms with E-state index < -0.39 is 16.1 Å². The molecule has 0 aromatic heterocycles. The number of aliphatic hydroxyl groups is 1. The van der Waals surface area contributed by atoms with Gasteiger partial charge < -0.3 is 9.84 Å². The van der Waals surface area contributed by atoms with E-state index in [1.165, 1.54) is 29.6 Å². The Labute approximate surface area is 128 Å². The summed E-state index contributed by atoms with van der Waals surface area (Å²) in [5, 5.41) is 18.5. The highest BCUT2D eigenvalue weighted by atomic mass is 35.5. The van der Waals surface area contributed by atoms with E-state index in [0.29, 0.717) is 6.42 Å². The SMILES string of the molecule is CO[C@H]1C[C@@H](CO)N(S(=O)(=O)c2ccc(Cl)c(C#N)c2)C1. The zero-order chi connectivity index (χ0) is 15.6. The summed E-state index contributed by atoms with van der Waals surface area (Å²) >= 11 is 5.82. The van der Waals surface area contributed by atoms with Crippen LogP contribution in [-0.2, 0) is 14.8 Å². The van der Waals surface area contributed by atoms with E-state index >= 15 is 0 Å². The van der Waals surface area contributed by atoms with Crippen molar-refractivity contribution in [1.82, 2.24) is 4.31 Å². The lowest BCUT2D eigenvalue weighted by molar-refractivity contribution is 0.113. The second-order valence-electron chi connectivity index (χ2n) is 4.76. The first-order valence-corrected chi connectivity index (χ1v) is 8.11. The largest absolute Gasteiger partial charge is 0.395 e. The van der Waals surface area contributed by atoms with Crippen LogP contribution >= 0.6 is 11.6 Å². The maximum atomic E-state index is 12.7. The summed E-state index contributed by atoms with van der Waals surface area (Å²) in [6, 6.07) is 5.30. The van der Waals surface area contributed by atoms with Crippen LogP contribution in [0.15, 0.2) is 23.1 Å². The summed E-state index contributed by atoms with van der Waals surface area (Å²) in [4.78, 5) is -0.0151. The minimum atomic E-state index is -3.81. The molecule has 1 aliphatic rings. The number of methoxy groups -OCH3 is 1. The molecule has 2 atom stereocenters. The first kappa shape index (κ1) is 16.2. The van der Waals surface area contributed by atoms with Crippen LogP contribution in [-0.4, -0.2) is 50.2 Å². The van der Waals surface area contributed by atoms with Crippen LogP contribution in [0.3, 0.4) is 0 Å². The van der Waals surface area contributed by atoms with Crippen molar-refractivity contribution in [1.29, 1.82) is 5.26 Å². The lowest BCUT2D eigenvalue weighted by Crippen LogP contribution is -2.38. The van der Waals surface area contributed by atoms with Gasteiger partial charge in [-0.1, -0.05) is 11.6 Å². The Kier molecular flexibility index (Phi) is 4.86. The van der Waals surface area contributed by atoms with E-state index in [9.17, 15) is 13.5 Å². The number of nitriles is 1. The van der Waals surface area contributed by atoms with Gasteiger partial charge in [0.1, 0.15) is 6.07 Å². The highest BCUT2D eigenvalue weighted by molar-refractivity contribution is 7.89. The number of halogens is 1. The van der Waals surface area contributed by atoms with Crippen LogP contribution in [0.5, 0.6) is 0 Å². The molecule has 0 bridgehead atoms. The maximum absolute atomic E-state index is 12.7. The van der Waals surface area contributed by atoms with Crippen LogP contribution in [0.4, 0.5) is 0 Å². The molecule has 114 valence electrons. The number of benzene rings is 1. The van der Waals surface area contributed by atoms with Crippen molar-refractivity contribution in [2.24, 2.45) is 0 Å². The van der Waals surface area contributed by atoms with Crippen LogP contribution in [0.1, 0.15) is 12.0 Å². The Hall–Kier alpha value is -1.17. The van der Waals surface area contributed by atoms with Gasteiger partial charge >= 0.3 is 0 Å². The highest BCUT2D eigenvalue weighted by Crippen LogP contribution is 2.29. The Bertz CT molecular complexity index is 671. The van der Waals surface area contributed by atoms with Gasteiger partial charge in [0.2, 0.25) is 10.0 Å². The standard InChI is InChI=1S/C13H15ClN2O4S/c1-20-11-5-10(8-17)16(7-11)21(18,19)12-2-3-13(14)9(4-12)6-15/h2-4,10-11,17H,5,7-8H2,1H3/t10-,11-/m0/s1. The molecule has 1 aromatic carbocycles. The molecule has 21 heavy (non-hydrogen) atoms. The predicted octanol–water partition coefficient (Wildman–Crippen LogP) is 0.982. The van der Waals surface area contributed by atoms with Crippen molar-refractivity contribution in [3.8, 4) is 6.07 Å². The number of hydrogen-bond donors (Lipinski definition) is 1. The fraction of sp³-hybridized carbons (Fsp3) is 0.462. The summed E-state index contributed by atoms with van der Waals surface area (Å²) in [6.45, 7) is -0.105. The molecule has 0 unspecified atom stereocenters. The number of rotatable bonds is 4. The van der Waals surface area contributed by atoms with E-state index in [4.69, 9.17) is 21.6 Å². The molecule has 0 amide bonds. The molecule has 1 heterocycles. The molecule has 0 radical (unpaired) electrons. The predicted molar refractivity (Wildman–Crippen MR) is 76.3 cm³/mol. The topological polar surface area (TPSA) is 90.6 Å². The second-order valence-corrected chi connectivity index (χ2v) is 7.06. The molecule has 0 spiro atoms. The molecule has 6 nitrogen and oxygen atoms in total. The quantitative estimate of drug-likeness (QED) is 0.888. The molecular weight excluding hydrogens is 316 g/mol. The summed E-state index contributed by atoms with van der Waals surface area (Å²) in [5.74, 6) is 0. The average molecular weight is 331 g/mol. The van der Waals surface area contributed by atoms with E-state index in [0.717, 1.165) is 0 Å². The van der Waals surface area contributed by atoms with E-state index in [-0.39, 0.29) is 34.7 Å². The van der Waals surface area contributed by atoms with Gasteiger partial charge in [-0.05, 0) is 24.6 Å². The number of aliphatic hydroxyl groups excluding tert-OH is 1. The Balaban J connectivity index is 2.40. The second kappa shape index (κ2) is 6.30. The van der Waals surface area contributed by atoms with Gasteiger partial charge in [-0.25, -0.2) is 8.42 Å². The molecular formula is C13H15ClN2O4S. The Morgan fingerprint density at radius 1 is 1.57 bits per heavy atom. The minimum Gasteiger partial charge on any atom is -0.395 e. The molecule has 0 aliphatic carbocycles. The fourth-order valence-electron chi connectivity index (χ4n) is 2.36. The Morgan fingerprint density at radius 3 is 2.86 bits per heavy atom. The van der Waals surface area contributed by atoms with Gasteiger partial charge in [0.25, 0.3) is 0 Å². The lowest BCUT2D eigenvalue weighted by atomic mass is 10.2. The van der Waals surface area contributed by atoms with Gasteiger partial charge in [0, 0.05) is 13.7 Å². The summed E-state index contributed by atoms with van der Waals surface area (Å²) in [6.07, 6.45) is 0.185. The molecule has 1 aliphatic heterocycles. The third-order valence-electron chi connectivity index (χ3n) is 3.53. The third-order valence-corrected chi connectivity index (χ3v) is 5.78. The van der Waals surface area contributed by atoms with Gasteiger partial charge in [-0.2, -0.15) is 9.57 Å². The van der Waals surface area contributed by atoms with Crippen molar-refractivity contribution >= 4 is 21.6 Å². The summed E-state index contributed by atoms with van der Waals surface area (Å²) in [7, 11) is -2.30. The van der Waals surface area contributed by atoms with Crippen molar-refractivity contribution in [2.45, 2.75) is 23.5 Å².